The highest BCUT2D eigenvalue weighted by molar-refractivity contribution is 4.71. The first-order valence-electron chi connectivity index (χ1n) is 4.99. The number of hydrogen-bond acceptors (Lipinski definition) is 4. The molecular weight excluding hydrogens is 166 g/mol. The third-order valence-corrected chi connectivity index (χ3v) is 2.54. The lowest BCUT2D eigenvalue weighted by atomic mass is 10.3. The largest absolute Gasteiger partial charge is 0.395 e. The number of nitrogens with zero attached hydrogens (tertiary/aromatic N) is 2. The highest BCUT2D eigenvalue weighted by Gasteiger charge is 2.13. The smallest absolute Gasteiger partial charge is 0.0595 e. The molecule has 1 aliphatic heterocycles. The maximum Gasteiger partial charge on any atom is 0.0595 e. The van der Waals surface area contributed by atoms with E-state index in [1.807, 2.05) is 0 Å². The van der Waals surface area contributed by atoms with Crippen LogP contribution in [-0.2, 0) is 0 Å². The zero-order chi connectivity index (χ0) is 9.68. The van der Waals surface area contributed by atoms with E-state index in [2.05, 4.69) is 16.8 Å². The Labute approximate surface area is 80.3 Å². The Bertz CT molecular complexity index is 143. The quantitative estimate of drug-likeness (QED) is 0.591. The molecule has 4 nitrogen and oxygen atoms in total. The average Bonchev–Trinajstić information content (AvgIpc) is 2.31. The topological polar surface area (TPSA) is 52.7 Å². The van der Waals surface area contributed by atoms with Crippen LogP contribution in [0, 0.1) is 0 Å². The monoisotopic (exact) mass is 187 g/mol. The predicted molar refractivity (Wildman–Crippen MR) is 53.6 cm³/mol. The molecule has 13 heavy (non-hydrogen) atoms. The van der Waals surface area contributed by atoms with Crippen molar-refractivity contribution in [1.82, 2.24) is 9.80 Å². The van der Waals surface area contributed by atoms with Gasteiger partial charge in [-0.05, 0) is 26.6 Å². The molecule has 0 radical (unpaired) electrons. The Hall–Kier alpha value is -0.160. The Kier molecular flexibility index (Phi) is 4.66. The molecule has 3 N–H and O–H groups in total. The van der Waals surface area contributed by atoms with Crippen LogP contribution in [-0.4, -0.2) is 67.3 Å². The van der Waals surface area contributed by atoms with E-state index in [4.69, 9.17) is 10.8 Å². The summed E-state index contributed by atoms with van der Waals surface area (Å²) in [6.07, 6.45) is 1.20. The van der Waals surface area contributed by atoms with E-state index in [-0.39, 0.29) is 12.6 Å². The summed E-state index contributed by atoms with van der Waals surface area (Å²) in [4.78, 5) is 4.68. The van der Waals surface area contributed by atoms with Crippen LogP contribution in [0.4, 0.5) is 0 Å². The second-order valence-corrected chi connectivity index (χ2v) is 3.90. The molecule has 0 spiro atoms. The van der Waals surface area contributed by atoms with E-state index in [0.29, 0.717) is 0 Å². The van der Waals surface area contributed by atoms with Gasteiger partial charge in [-0.1, -0.05) is 0 Å². The Morgan fingerprint density at radius 1 is 1.31 bits per heavy atom. The molecule has 0 aliphatic carbocycles. The number of hydrogen-bond donors (Lipinski definition) is 2. The summed E-state index contributed by atoms with van der Waals surface area (Å²) in [7, 11) is 2.15. The van der Waals surface area contributed by atoms with Gasteiger partial charge in [-0.2, -0.15) is 0 Å². The van der Waals surface area contributed by atoms with Crippen LogP contribution in [0.5, 0.6) is 0 Å². The summed E-state index contributed by atoms with van der Waals surface area (Å²) in [5.74, 6) is 0. The van der Waals surface area contributed by atoms with Gasteiger partial charge in [0, 0.05) is 25.7 Å². The van der Waals surface area contributed by atoms with Crippen molar-refractivity contribution in [3.8, 4) is 0 Å². The molecule has 0 aromatic rings. The van der Waals surface area contributed by atoms with E-state index >= 15 is 0 Å². The van der Waals surface area contributed by atoms with E-state index in [1.54, 1.807) is 0 Å². The lowest BCUT2D eigenvalue weighted by molar-refractivity contribution is 0.204. The van der Waals surface area contributed by atoms with Gasteiger partial charge in [-0.15, -0.1) is 0 Å². The van der Waals surface area contributed by atoms with Crippen molar-refractivity contribution in [2.24, 2.45) is 5.73 Å². The maximum atomic E-state index is 8.83. The standard InChI is InChI=1S/C9H21N3O/c1-11-3-2-4-12(6-5-11)7-9(10)8-13/h9,13H,2-8,10H2,1H3. The SMILES string of the molecule is CN1CCCN(CC(N)CO)CC1. The first kappa shape index (κ1) is 10.9. The molecule has 1 saturated heterocycles. The number of aliphatic hydroxyl groups is 1. The first-order valence-corrected chi connectivity index (χ1v) is 4.99. The fraction of sp³-hybridized carbons (Fsp3) is 1.00. The molecule has 0 bridgehead atoms. The normalized spacial score (nSPS) is 24.2. The molecule has 0 amide bonds. The second-order valence-electron chi connectivity index (χ2n) is 3.90. The molecule has 1 rings (SSSR count). The number of aliphatic hydroxyl groups excluding tert-OH is 1. The third-order valence-electron chi connectivity index (χ3n) is 2.54. The fourth-order valence-corrected chi connectivity index (χ4v) is 1.67. The number of nitrogens with two attached hydrogens (primary N) is 1. The molecule has 0 aromatic heterocycles. The zero-order valence-electron chi connectivity index (χ0n) is 8.45. The summed E-state index contributed by atoms with van der Waals surface area (Å²) < 4.78 is 0. The van der Waals surface area contributed by atoms with Crippen molar-refractivity contribution in [2.45, 2.75) is 12.5 Å². The Morgan fingerprint density at radius 2 is 2.08 bits per heavy atom. The van der Waals surface area contributed by atoms with Crippen LogP contribution in [0.2, 0.25) is 0 Å². The van der Waals surface area contributed by atoms with Crippen LogP contribution in [0.1, 0.15) is 6.42 Å². The highest BCUT2D eigenvalue weighted by Crippen LogP contribution is 2.00. The van der Waals surface area contributed by atoms with Gasteiger partial charge in [0.05, 0.1) is 6.61 Å². The predicted octanol–water partition coefficient (Wildman–Crippen LogP) is -1.06. The molecule has 1 fully saturated rings. The van der Waals surface area contributed by atoms with Gasteiger partial charge in [-0.3, -0.25) is 0 Å². The van der Waals surface area contributed by atoms with Crippen LogP contribution >= 0.6 is 0 Å². The molecule has 1 unspecified atom stereocenters. The average molecular weight is 187 g/mol. The summed E-state index contributed by atoms with van der Waals surface area (Å²) >= 11 is 0. The lowest BCUT2D eigenvalue weighted by Gasteiger charge is -2.22. The van der Waals surface area contributed by atoms with Crippen molar-refractivity contribution in [3.63, 3.8) is 0 Å². The van der Waals surface area contributed by atoms with Crippen molar-refractivity contribution < 1.29 is 5.11 Å². The molecule has 78 valence electrons. The van der Waals surface area contributed by atoms with Gasteiger partial charge in [0.15, 0.2) is 0 Å². The minimum absolute atomic E-state index is 0.0802. The van der Waals surface area contributed by atoms with Crippen LogP contribution < -0.4 is 5.73 Å². The fourth-order valence-electron chi connectivity index (χ4n) is 1.67. The highest BCUT2D eigenvalue weighted by atomic mass is 16.3. The molecule has 0 aromatic carbocycles. The number of rotatable bonds is 3. The maximum absolute atomic E-state index is 8.83. The minimum atomic E-state index is -0.0802. The van der Waals surface area contributed by atoms with Gasteiger partial charge >= 0.3 is 0 Å². The summed E-state index contributed by atoms with van der Waals surface area (Å²) in [5, 5.41) is 8.83. The summed E-state index contributed by atoms with van der Waals surface area (Å²) in [5.41, 5.74) is 5.68. The van der Waals surface area contributed by atoms with E-state index in [0.717, 1.165) is 26.2 Å². The Morgan fingerprint density at radius 3 is 2.77 bits per heavy atom. The van der Waals surface area contributed by atoms with Gasteiger partial charge in [-0.25, -0.2) is 0 Å². The van der Waals surface area contributed by atoms with Gasteiger partial charge in [0.25, 0.3) is 0 Å². The molecule has 0 saturated carbocycles. The minimum Gasteiger partial charge on any atom is -0.395 e. The Balaban J connectivity index is 2.25. The van der Waals surface area contributed by atoms with Gasteiger partial charge in [0.1, 0.15) is 0 Å². The van der Waals surface area contributed by atoms with Crippen LogP contribution in [0.3, 0.4) is 0 Å². The molecule has 1 heterocycles. The molecule has 4 heteroatoms. The van der Waals surface area contributed by atoms with Crippen molar-refractivity contribution in [1.29, 1.82) is 0 Å². The number of likely N-dealkylation sites (N-methyl/N-ethyl adjacent to an activating group) is 1. The first-order chi connectivity index (χ1) is 6.22. The molecule has 1 atom stereocenters. The van der Waals surface area contributed by atoms with Gasteiger partial charge < -0.3 is 20.6 Å². The van der Waals surface area contributed by atoms with E-state index in [9.17, 15) is 0 Å². The van der Waals surface area contributed by atoms with E-state index < -0.39 is 0 Å². The van der Waals surface area contributed by atoms with Gasteiger partial charge in [0.2, 0.25) is 0 Å². The molecular formula is C9H21N3O. The lowest BCUT2D eigenvalue weighted by Crippen LogP contribution is -2.41. The van der Waals surface area contributed by atoms with Crippen molar-refractivity contribution >= 4 is 0 Å². The second kappa shape index (κ2) is 5.54. The third kappa shape index (κ3) is 4.04. The zero-order valence-corrected chi connectivity index (χ0v) is 8.45. The van der Waals surface area contributed by atoms with Crippen LogP contribution in [0.25, 0.3) is 0 Å². The van der Waals surface area contributed by atoms with Crippen LogP contribution in [0.15, 0.2) is 0 Å². The van der Waals surface area contributed by atoms with Crippen molar-refractivity contribution in [2.75, 3.05) is 46.4 Å². The summed E-state index contributed by atoms with van der Waals surface area (Å²) in [6, 6.07) is -0.0802. The van der Waals surface area contributed by atoms with Crippen molar-refractivity contribution in [3.05, 3.63) is 0 Å². The summed E-state index contributed by atoms with van der Waals surface area (Å²) in [6.45, 7) is 5.38. The van der Waals surface area contributed by atoms with E-state index in [1.165, 1.54) is 13.0 Å². The molecule has 1 aliphatic rings.